The van der Waals surface area contributed by atoms with E-state index >= 15 is 0 Å². The maximum absolute atomic E-state index is 12.6. The lowest BCUT2D eigenvalue weighted by Gasteiger charge is -2.38. The van der Waals surface area contributed by atoms with E-state index in [4.69, 9.17) is 5.73 Å². The standard InChI is InChI=1S/C16H23F3N2/c1-11(20)14-4-3-9-21(10-14)12(2)13-5-7-15(8-6-13)16(17,18)19/h5-8,11-12,14H,3-4,9-10,20H2,1-2H3. The second-order valence-corrected chi connectivity index (χ2v) is 6.05. The van der Waals surface area contributed by atoms with Gasteiger partial charge in [-0.15, -0.1) is 0 Å². The van der Waals surface area contributed by atoms with Crippen molar-refractivity contribution in [3.8, 4) is 0 Å². The quantitative estimate of drug-likeness (QED) is 0.919. The van der Waals surface area contributed by atoms with E-state index in [1.165, 1.54) is 12.1 Å². The fourth-order valence-corrected chi connectivity index (χ4v) is 2.98. The molecule has 1 aliphatic heterocycles. The van der Waals surface area contributed by atoms with Crippen LogP contribution in [0.4, 0.5) is 13.2 Å². The molecule has 5 heteroatoms. The Bertz CT molecular complexity index is 454. The van der Waals surface area contributed by atoms with E-state index in [-0.39, 0.29) is 12.1 Å². The van der Waals surface area contributed by atoms with Crippen molar-refractivity contribution >= 4 is 0 Å². The van der Waals surface area contributed by atoms with Crippen molar-refractivity contribution < 1.29 is 13.2 Å². The van der Waals surface area contributed by atoms with Gasteiger partial charge in [-0.3, -0.25) is 4.90 Å². The molecule has 1 aromatic carbocycles. The second-order valence-electron chi connectivity index (χ2n) is 6.05. The Morgan fingerprint density at radius 2 is 1.81 bits per heavy atom. The van der Waals surface area contributed by atoms with Gasteiger partial charge >= 0.3 is 6.18 Å². The number of nitrogens with zero attached hydrogens (tertiary/aromatic N) is 1. The number of alkyl halides is 3. The van der Waals surface area contributed by atoms with Crippen LogP contribution in [0.5, 0.6) is 0 Å². The number of benzene rings is 1. The first-order valence-electron chi connectivity index (χ1n) is 7.46. The Morgan fingerprint density at radius 1 is 1.19 bits per heavy atom. The summed E-state index contributed by atoms with van der Waals surface area (Å²) in [6.45, 7) is 5.97. The maximum Gasteiger partial charge on any atom is 0.416 e. The first kappa shape index (κ1) is 16.3. The van der Waals surface area contributed by atoms with Gasteiger partial charge in [0.25, 0.3) is 0 Å². The average molecular weight is 300 g/mol. The molecular weight excluding hydrogens is 277 g/mol. The van der Waals surface area contributed by atoms with Gasteiger partial charge in [-0.1, -0.05) is 12.1 Å². The number of likely N-dealkylation sites (tertiary alicyclic amines) is 1. The number of rotatable bonds is 3. The van der Waals surface area contributed by atoms with E-state index < -0.39 is 11.7 Å². The first-order valence-corrected chi connectivity index (χ1v) is 7.46. The molecule has 2 nitrogen and oxygen atoms in total. The van der Waals surface area contributed by atoms with E-state index in [9.17, 15) is 13.2 Å². The van der Waals surface area contributed by atoms with E-state index in [0.717, 1.165) is 31.5 Å². The van der Waals surface area contributed by atoms with E-state index in [2.05, 4.69) is 4.90 Å². The van der Waals surface area contributed by atoms with Crippen molar-refractivity contribution in [2.24, 2.45) is 11.7 Å². The molecule has 118 valence electrons. The highest BCUT2D eigenvalue weighted by Crippen LogP contribution is 2.32. The summed E-state index contributed by atoms with van der Waals surface area (Å²) in [4.78, 5) is 2.32. The number of hydrogen-bond acceptors (Lipinski definition) is 2. The second kappa shape index (κ2) is 6.36. The fraction of sp³-hybridized carbons (Fsp3) is 0.625. The molecule has 1 aliphatic rings. The maximum atomic E-state index is 12.6. The van der Waals surface area contributed by atoms with E-state index in [0.29, 0.717) is 5.92 Å². The lowest BCUT2D eigenvalue weighted by Crippen LogP contribution is -2.43. The monoisotopic (exact) mass is 300 g/mol. The molecule has 3 unspecified atom stereocenters. The zero-order valence-corrected chi connectivity index (χ0v) is 12.5. The van der Waals surface area contributed by atoms with Crippen LogP contribution in [0.25, 0.3) is 0 Å². The van der Waals surface area contributed by atoms with Crippen molar-refractivity contribution in [3.05, 3.63) is 35.4 Å². The van der Waals surface area contributed by atoms with Crippen LogP contribution < -0.4 is 5.73 Å². The fourth-order valence-electron chi connectivity index (χ4n) is 2.98. The molecule has 1 heterocycles. The summed E-state index contributed by atoms with van der Waals surface area (Å²) in [6.07, 6.45) is -2.04. The Kier molecular flexibility index (Phi) is 4.94. The molecule has 0 aromatic heterocycles. The summed E-state index contributed by atoms with van der Waals surface area (Å²) in [6, 6.07) is 5.78. The van der Waals surface area contributed by atoms with Crippen LogP contribution in [-0.2, 0) is 6.18 Å². The largest absolute Gasteiger partial charge is 0.416 e. The van der Waals surface area contributed by atoms with Crippen LogP contribution in [0.15, 0.2) is 24.3 Å². The van der Waals surface area contributed by atoms with Gasteiger partial charge in [-0.05, 0) is 56.8 Å². The van der Waals surface area contributed by atoms with Crippen molar-refractivity contribution in [1.82, 2.24) is 4.90 Å². The predicted molar refractivity (Wildman–Crippen MR) is 77.8 cm³/mol. The molecule has 21 heavy (non-hydrogen) atoms. The van der Waals surface area contributed by atoms with Crippen LogP contribution in [-0.4, -0.2) is 24.0 Å². The number of piperidine rings is 1. The summed E-state index contributed by atoms with van der Waals surface area (Å²) < 4.78 is 37.8. The number of halogens is 3. The molecule has 0 radical (unpaired) electrons. The van der Waals surface area contributed by atoms with Gasteiger partial charge in [0.15, 0.2) is 0 Å². The molecule has 2 N–H and O–H groups in total. The van der Waals surface area contributed by atoms with Crippen LogP contribution >= 0.6 is 0 Å². The summed E-state index contributed by atoms with van der Waals surface area (Å²) in [5.74, 6) is 0.468. The molecule has 0 saturated carbocycles. The number of hydrogen-bond donors (Lipinski definition) is 1. The van der Waals surface area contributed by atoms with Crippen molar-refractivity contribution in [1.29, 1.82) is 0 Å². The van der Waals surface area contributed by atoms with E-state index in [1.807, 2.05) is 13.8 Å². The topological polar surface area (TPSA) is 29.3 Å². The van der Waals surface area contributed by atoms with E-state index in [1.54, 1.807) is 12.1 Å². The molecule has 1 aromatic rings. The Labute approximate surface area is 124 Å². The van der Waals surface area contributed by atoms with Crippen molar-refractivity contribution in [2.75, 3.05) is 13.1 Å². The van der Waals surface area contributed by atoms with Gasteiger partial charge in [0.05, 0.1) is 5.56 Å². The van der Waals surface area contributed by atoms with Gasteiger partial charge in [0, 0.05) is 18.6 Å². The molecule has 2 rings (SSSR count). The van der Waals surface area contributed by atoms with Crippen LogP contribution in [0, 0.1) is 5.92 Å². The molecule has 0 aliphatic carbocycles. The lowest BCUT2D eigenvalue weighted by molar-refractivity contribution is -0.137. The van der Waals surface area contributed by atoms with Gasteiger partial charge in [0.2, 0.25) is 0 Å². The molecular formula is C16H23F3N2. The third-order valence-electron chi connectivity index (χ3n) is 4.50. The Balaban J connectivity index is 2.07. The summed E-state index contributed by atoms with van der Waals surface area (Å²) in [5.41, 5.74) is 6.32. The third-order valence-corrected chi connectivity index (χ3v) is 4.50. The summed E-state index contributed by atoms with van der Waals surface area (Å²) >= 11 is 0. The highest BCUT2D eigenvalue weighted by atomic mass is 19.4. The lowest BCUT2D eigenvalue weighted by atomic mass is 9.90. The van der Waals surface area contributed by atoms with Crippen LogP contribution in [0.2, 0.25) is 0 Å². The van der Waals surface area contributed by atoms with Crippen molar-refractivity contribution in [3.63, 3.8) is 0 Å². The zero-order valence-electron chi connectivity index (χ0n) is 12.5. The average Bonchev–Trinajstić information content (AvgIpc) is 2.46. The Morgan fingerprint density at radius 3 is 2.33 bits per heavy atom. The smallest absolute Gasteiger partial charge is 0.328 e. The summed E-state index contributed by atoms with van der Waals surface area (Å²) in [7, 11) is 0. The van der Waals surface area contributed by atoms with Gasteiger partial charge in [-0.2, -0.15) is 13.2 Å². The third kappa shape index (κ3) is 3.98. The minimum absolute atomic E-state index is 0.119. The van der Waals surface area contributed by atoms with Crippen LogP contribution in [0.3, 0.4) is 0 Å². The molecule has 1 saturated heterocycles. The first-order chi connectivity index (χ1) is 9.79. The molecule has 3 atom stereocenters. The van der Waals surface area contributed by atoms with Gasteiger partial charge in [0.1, 0.15) is 0 Å². The summed E-state index contributed by atoms with van der Waals surface area (Å²) in [5, 5.41) is 0. The Hall–Kier alpha value is -1.07. The molecule has 0 bridgehead atoms. The molecule has 1 fully saturated rings. The highest BCUT2D eigenvalue weighted by Gasteiger charge is 2.31. The van der Waals surface area contributed by atoms with Gasteiger partial charge < -0.3 is 5.73 Å². The minimum Gasteiger partial charge on any atom is -0.328 e. The van der Waals surface area contributed by atoms with Crippen molar-refractivity contribution in [2.45, 2.75) is 44.9 Å². The predicted octanol–water partition coefficient (Wildman–Crippen LogP) is 3.83. The number of nitrogens with two attached hydrogens (primary N) is 1. The highest BCUT2D eigenvalue weighted by molar-refractivity contribution is 5.26. The molecule has 0 spiro atoms. The zero-order chi connectivity index (χ0) is 15.6. The SMILES string of the molecule is CC(N)C1CCCN(C(C)c2ccc(C(F)(F)F)cc2)C1. The van der Waals surface area contributed by atoms with Crippen LogP contribution in [0.1, 0.15) is 43.9 Å². The molecule has 0 amide bonds. The minimum atomic E-state index is -4.27. The normalized spacial score (nSPS) is 23.8. The van der Waals surface area contributed by atoms with Gasteiger partial charge in [-0.25, -0.2) is 0 Å².